The van der Waals surface area contributed by atoms with Gasteiger partial charge in [-0.3, -0.25) is 0 Å². The van der Waals surface area contributed by atoms with Crippen molar-refractivity contribution >= 4 is 0 Å². The zero-order valence-electron chi connectivity index (χ0n) is 9.25. The van der Waals surface area contributed by atoms with Crippen LogP contribution in [0.25, 0.3) is 5.69 Å². The van der Waals surface area contributed by atoms with Gasteiger partial charge in [0, 0.05) is 12.1 Å². The molecule has 0 bridgehead atoms. The van der Waals surface area contributed by atoms with Gasteiger partial charge in [0.25, 0.3) is 0 Å². The number of rotatable bonds is 3. The SMILES string of the molecule is CNC(C)c1cn(-c2cccc(O)c2)nn1. The summed E-state index contributed by atoms with van der Waals surface area (Å²) in [5.74, 6) is 0.219. The van der Waals surface area contributed by atoms with Gasteiger partial charge < -0.3 is 10.4 Å². The molecule has 2 rings (SSSR count). The Hall–Kier alpha value is -1.88. The summed E-state index contributed by atoms with van der Waals surface area (Å²) in [5.41, 5.74) is 1.66. The molecule has 0 aliphatic heterocycles. The molecular formula is C11H14N4O. The van der Waals surface area contributed by atoms with Gasteiger partial charge in [-0.2, -0.15) is 0 Å². The number of benzene rings is 1. The van der Waals surface area contributed by atoms with Crippen LogP contribution < -0.4 is 5.32 Å². The van der Waals surface area contributed by atoms with E-state index in [4.69, 9.17) is 0 Å². The maximum absolute atomic E-state index is 9.36. The Bertz CT molecular complexity index is 480. The number of phenolic OH excluding ortho intramolecular Hbond substituents is 1. The van der Waals surface area contributed by atoms with Crippen molar-refractivity contribution in [3.63, 3.8) is 0 Å². The first-order valence-corrected chi connectivity index (χ1v) is 5.09. The van der Waals surface area contributed by atoms with E-state index in [2.05, 4.69) is 15.6 Å². The van der Waals surface area contributed by atoms with Crippen molar-refractivity contribution in [1.82, 2.24) is 20.3 Å². The molecule has 1 atom stereocenters. The Balaban J connectivity index is 2.31. The fraction of sp³-hybridized carbons (Fsp3) is 0.273. The van der Waals surface area contributed by atoms with E-state index in [9.17, 15) is 5.11 Å². The molecule has 0 radical (unpaired) electrons. The molecule has 1 aromatic carbocycles. The molecular weight excluding hydrogens is 204 g/mol. The predicted molar refractivity (Wildman–Crippen MR) is 60.5 cm³/mol. The van der Waals surface area contributed by atoms with Crippen LogP contribution >= 0.6 is 0 Å². The highest BCUT2D eigenvalue weighted by Crippen LogP contribution is 2.15. The summed E-state index contributed by atoms with van der Waals surface area (Å²) in [5, 5.41) is 20.5. The first-order valence-electron chi connectivity index (χ1n) is 5.09. The van der Waals surface area contributed by atoms with Gasteiger partial charge in [0.1, 0.15) is 5.75 Å². The number of aromatic nitrogens is 3. The number of nitrogens with one attached hydrogen (secondary N) is 1. The Morgan fingerprint density at radius 1 is 1.44 bits per heavy atom. The van der Waals surface area contributed by atoms with Gasteiger partial charge in [-0.25, -0.2) is 4.68 Å². The molecule has 5 heteroatoms. The fourth-order valence-electron chi connectivity index (χ4n) is 1.38. The second-order valence-corrected chi connectivity index (χ2v) is 3.62. The Labute approximate surface area is 93.7 Å². The van der Waals surface area contributed by atoms with Gasteiger partial charge in [-0.15, -0.1) is 5.10 Å². The molecule has 2 aromatic rings. The monoisotopic (exact) mass is 218 g/mol. The van der Waals surface area contributed by atoms with E-state index < -0.39 is 0 Å². The average molecular weight is 218 g/mol. The van der Waals surface area contributed by atoms with Crippen molar-refractivity contribution in [3.05, 3.63) is 36.2 Å². The largest absolute Gasteiger partial charge is 0.508 e. The van der Waals surface area contributed by atoms with Crippen LogP contribution in [0.2, 0.25) is 0 Å². The number of hydrogen-bond acceptors (Lipinski definition) is 4. The van der Waals surface area contributed by atoms with Crippen molar-refractivity contribution < 1.29 is 5.11 Å². The highest BCUT2D eigenvalue weighted by atomic mass is 16.3. The van der Waals surface area contributed by atoms with Gasteiger partial charge >= 0.3 is 0 Å². The first-order chi connectivity index (χ1) is 7.70. The van der Waals surface area contributed by atoms with Gasteiger partial charge in [0.2, 0.25) is 0 Å². The van der Waals surface area contributed by atoms with E-state index >= 15 is 0 Å². The molecule has 5 nitrogen and oxygen atoms in total. The third-order valence-corrected chi connectivity index (χ3v) is 2.48. The molecule has 1 heterocycles. The molecule has 84 valence electrons. The molecule has 0 amide bonds. The van der Waals surface area contributed by atoms with Crippen molar-refractivity contribution in [2.24, 2.45) is 0 Å². The summed E-state index contributed by atoms with van der Waals surface area (Å²) in [4.78, 5) is 0. The molecule has 0 aliphatic carbocycles. The molecule has 2 N–H and O–H groups in total. The second-order valence-electron chi connectivity index (χ2n) is 3.62. The number of aromatic hydroxyl groups is 1. The fourth-order valence-corrected chi connectivity index (χ4v) is 1.38. The summed E-state index contributed by atoms with van der Waals surface area (Å²) in [7, 11) is 1.87. The van der Waals surface area contributed by atoms with E-state index in [0.717, 1.165) is 11.4 Å². The normalized spacial score (nSPS) is 12.6. The highest BCUT2D eigenvalue weighted by Gasteiger charge is 2.08. The molecule has 1 unspecified atom stereocenters. The predicted octanol–water partition coefficient (Wildman–Crippen LogP) is 1.25. The average Bonchev–Trinajstić information content (AvgIpc) is 2.77. The maximum Gasteiger partial charge on any atom is 0.117 e. The van der Waals surface area contributed by atoms with Crippen molar-refractivity contribution in [3.8, 4) is 11.4 Å². The van der Waals surface area contributed by atoms with E-state index in [1.165, 1.54) is 0 Å². The zero-order chi connectivity index (χ0) is 11.5. The molecule has 0 aliphatic rings. The molecule has 16 heavy (non-hydrogen) atoms. The topological polar surface area (TPSA) is 63.0 Å². The van der Waals surface area contributed by atoms with Gasteiger partial charge in [0.05, 0.1) is 17.6 Å². The highest BCUT2D eigenvalue weighted by molar-refractivity contribution is 5.37. The minimum Gasteiger partial charge on any atom is -0.508 e. The Kier molecular flexibility index (Phi) is 2.87. The van der Waals surface area contributed by atoms with Crippen LogP contribution in [0, 0.1) is 0 Å². The van der Waals surface area contributed by atoms with E-state index in [1.807, 2.05) is 26.2 Å². The van der Waals surface area contributed by atoms with E-state index in [0.29, 0.717) is 0 Å². The maximum atomic E-state index is 9.36. The minimum absolute atomic E-state index is 0.158. The summed E-state index contributed by atoms with van der Waals surface area (Å²) in [6.45, 7) is 2.01. The third-order valence-electron chi connectivity index (χ3n) is 2.48. The molecule has 1 aromatic heterocycles. The molecule has 0 spiro atoms. The van der Waals surface area contributed by atoms with Crippen LogP contribution in [-0.2, 0) is 0 Å². The van der Waals surface area contributed by atoms with Crippen LogP contribution in [0.4, 0.5) is 0 Å². The Morgan fingerprint density at radius 3 is 2.94 bits per heavy atom. The lowest BCUT2D eigenvalue weighted by Gasteiger charge is -2.04. The lowest BCUT2D eigenvalue weighted by atomic mass is 10.2. The Morgan fingerprint density at radius 2 is 2.25 bits per heavy atom. The van der Waals surface area contributed by atoms with E-state index in [1.54, 1.807) is 22.9 Å². The van der Waals surface area contributed by atoms with Crippen LogP contribution in [0.1, 0.15) is 18.7 Å². The quantitative estimate of drug-likeness (QED) is 0.814. The van der Waals surface area contributed by atoms with Crippen LogP contribution in [0.5, 0.6) is 5.75 Å². The zero-order valence-corrected chi connectivity index (χ0v) is 9.25. The lowest BCUT2D eigenvalue weighted by molar-refractivity contribution is 0.474. The van der Waals surface area contributed by atoms with Crippen LogP contribution in [0.15, 0.2) is 30.5 Å². The number of phenols is 1. The van der Waals surface area contributed by atoms with Gasteiger partial charge in [0.15, 0.2) is 0 Å². The van der Waals surface area contributed by atoms with Gasteiger partial charge in [-0.1, -0.05) is 11.3 Å². The van der Waals surface area contributed by atoms with Crippen molar-refractivity contribution in [2.75, 3.05) is 7.05 Å². The van der Waals surface area contributed by atoms with Crippen LogP contribution in [-0.4, -0.2) is 27.1 Å². The van der Waals surface area contributed by atoms with E-state index in [-0.39, 0.29) is 11.8 Å². The standard InChI is InChI=1S/C11H14N4O/c1-8(12-2)11-7-15(14-13-11)9-4-3-5-10(16)6-9/h3-8,12,16H,1-2H3. The van der Waals surface area contributed by atoms with Crippen molar-refractivity contribution in [2.45, 2.75) is 13.0 Å². The number of hydrogen-bond donors (Lipinski definition) is 2. The first kappa shape index (κ1) is 10.6. The lowest BCUT2D eigenvalue weighted by Crippen LogP contribution is -2.12. The van der Waals surface area contributed by atoms with Crippen molar-refractivity contribution in [1.29, 1.82) is 0 Å². The summed E-state index contributed by atoms with van der Waals surface area (Å²) in [6.07, 6.45) is 1.84. The molecule has 0 saturated carbocycles. The smallest absolute Gasteiger partial charge is 0.117 e. The minimum atomic E-state index is 0.158. The molecule has 0 fully saturated rings. The second kappa shape index (κ2) is 4.32. The summed E-state index contributed by atoms with van der Waals surface area (Å²) < 4.78 is 1.64. The summed E-state index contributed by atoms with van der Waals surface area (Å²) in [6, 6.07) is 7.06. The van der Waals surface area contributed by atoms with Gasteiger partial charge in [-0.05, 0) is 26.1 Å². The van der Waals surface area contributed by atoms with Crippen LogP contribution in [0.3, 0.4) is 0 Å². The summed E-state index contributed by atoms with van der Waals surface area (Å²) >= 11 is 0. The number of nitrogens with zero attached hydrogens (tertiary/aromatic N) is 3. The molecule has 0 saturated heterocycles. The third kappa shape index (κ3) is 2.04.